The molecule has 0 aliphatic heterocycles. The molecule has 19 heavy (non-hydrogen) atoms. The minimum atomic E-state index is -1.18. The maximum atomic E-state index is 11.6. The van der Waals surface area contributed by atoms with Crippen LogP contribution in [0.3, 0.4) is 0 Å². The molecule has 0 spiro atoms. The molecule has 1 atom stereocenters. The molecule has 108 valence electrons. The van der Waals surface area contributed by atoms with Crippen LogP contribution < -0.4 is 5.32 Å². The van der Waals surface area contributed by atoms with Crippen LogP contribution in [0, 0.1) is 6.92 Å². The van der Waals surface area contributed by atoms with E-state index in [9.17, 15) is 9.90 Å². The van der Waals surface area contributed by atoms with Crippen LogP contribution in [0.25, 0.3) is 0 Å². The van der Waals surface area contributed by atoms with E-state index in [0.29, 0.717) is 18.8 Å². The summed E-state index contributed by atoms with van der Waals surface area (Å²) in [6.07, 6.45) is 2.08. The Labute approximate surface area is 113 Å². The maximum Gasteiger partial charge on any atom is 0.220 e. The molecule has 0 radical (unpaired) electrons. The summed E-state index contributed by atoms with van der Waals surface area (Å²) in [5, 5.41) is 12.9. The summed E-state index contributed by atoms with van der Waals surface area (Å²) in [4.78, 5) is 11.6. The Kier molecular flexibility index (Phi) is 6.05. The molecule has 0 aliphatic carbocycles. The van der Waals surface area contributed by atoms with Crippen LogP contribution in [0.1, 0.15) is 37.7 Å². The molecule has 0 bridgehead atoms. The Balaban J connectivity index is 2.32. The van der Waals surface area contributed by atoms with Crippen LogP contribution in [0.2, 0.25) is 0 Å². The number of aliphatic hydroxyl groups is 1. The van der Waals surface area contributed by atoms with Gasteiger partial charge in [0.1, 0.15) is 17.1 Å². The second-order valence-electron chi connectivity index (χ2n) is 4.91. The first kappa shape index (κ1) is 15.7. The number of methoxy groups -OCH3 is 1. The van der Waals surface area contributed by atoms with Crippen LogP contribution in [0.5, 0.6) is 0 Å². The van der Waals surface area contributed by atoms with Gasteiger partial charge >= 0.3 is 0 Å². The van der Waals surface area contributed by atoms with Gasteiger partial charge in [-0.15, -0.1) is 0 Å². The van der Waals surface area contributed by atoms with Crippen LogP contribution in [-0.4, -0.2) is 31.3 Å². The van der Waals surface area contributed by atoms with Crippen LogP contribution in [-0.2, 0) is 15.1 Å². The third-order valence-corrected chi connectivity index (χ3v) is 2.90. The van der Waals surface area contributed by atoms with Crippen LogP contribution in [0.4, 0.5) is 0 Å². The lowest BCUT2D eigenvalue weighted by Crippen LogP contribution is -2.38. The second-order valence-corrected chi connectivity index (χ2v) is 4.91. The number of aryl methyl sites for hydroxylation is 1. The van der Waals surface area contributed by atoms with Crippen LogP contribution >= 0.6 is 0 Å². The Morgan fingerprint density at radius 1 is 1.47 bits per heavy atom. The summed E-state index contributed by atoms with van der Waals surface area (Å²) in [6.45, 7) is 4.24. The van der Waals surface area contributed by atoms with E-state index in [1.165, 1.54) is 0 Å². The lowest BCUT2D eigenvalue weighted by atomic mass is 10.0. The molecule has 0 fully saturated rings. The molecular weight excluding hydrogens is 246 g/mol. The molecule has 1 heterocycles. The van der Waals surface area contributed by atoms with Crippen molar-refractivity contribution in [1.82, 2.24) is 5.32 Å². The zero-order chi connectivity index (χ0) is 14.3. The van der Waals surface area contributed by atoms with Crippen LogP contribution in [0.15, 0.2) is 16.5 Å². The van der Waals surface area contributed by atoms with Gasteiger partial charge in [-0.3, -0.25) is 4.79 Å². The van der Waals surface area contributed by atoms with Crippen molar-refractivity contribution in [2.75, 3.05) is 20.3 Å². The molecule has 5 heteroatoms. The van der Waals surface area contributed by atoms with Gasteiger partial charge in [-0.05, 0) is 38.8 Å². The van der Waals surface area contributed by atoms with Gasteiger partial charge < -0.3 is 19.6 Å². The fourth-order valence-corrected chi connectivity index (χ4v) is 1.70. The molecule has 1 aromatic heterocycles. The standard InChI is InChI=1S/C14H23NO4/c1-11-7-8-12(19-11)14(2,17)10-15-13(16)6-4-5-9-18-3/h7-8,17H,4-6,9-10H2,1-3H3,(H,15,16). The first-order valence-corrected chi connectivity index (χ1v) is 6.50. The van der Waals surface area contributed by atoms with Gasteiger partial charge in [0.25, 0.3) is 0 Å². The average Bonchev–Trinajstić information content (AvgIpc) is 2.80. The Morgan fingerprint density at radius 3 is 2.79 bits per heavy atom. The van der Waals surface area contributed by atoms with Crippen molar-refractivity contribution in [1.29, 1.82) is 0 Å². The van der Waals surface area contributed by atoms with Gasteiger partial charge in [0.2, 0.25) is 5.91 Å². The summed E-state index contributed by atoms with van der Waals surface area (Å²) in [5.41, 5.74) is -1.18. The van der Waals surface area contributed by atoms with E-state index in [-0.39, 0.29) is 12.5 Å². The van der Waals surface area contributed by atoms with E-state index < -0.39 is 5.60 Å². The third kappa shape index (κ3) is 5.44. The van der Waals surface area contributed by atoms with Crippen molar-refractivity contribution in [2.45, 2.75) is 38.7 Å². The summed E-state index contributed by atoms with van der Waals surface area (Å²) < 4.78 is 10.3. The monoisotopic (exact) mass is 269 g/mol. The molecule has 1 aromatic rings. The Morgan fingerprint density at radius 2 is 2.21 bits per heavy atom. The number of nitrogens with one attached hydrogen (secondary N) is 1. The van der Waals surface area contributed by atoms with E-state index in [0.717, 1.165) is 18.6 Å². The summed E-state index contributed by atoms with van der Waals surface area (Å²) in [5.74, 6) is 1.13. The van der Waals surface area contributed by atoms with Crippen molar-refractivity contribution >= 4 is 5.91 Å². The molecule has 0 saturated heterocycles. The van der Waals surface area contributed by atoms with Crippen molar-refractivity contribution in [3.8, 4) is 0 Å². The predicted octanol–water partition coefficient (Wildman–Crippen LogP) is 1.73. The second kappa shape index (κ2) is 7.31. The van der Waals surface area contributed by atoms with Crippen molar-refractivity contribution < 1.29 is 19.1 Å². The smallest absolute Gasteiger partial charge is 0.220 e. The molecule has 2 N–H and O–H groups in total. The number of furan rings is 1. The number of carbonyl (C=O) groups is 1. The molecule has 0 saturated carbocycles. The number of amides is 1. The number of hydrogen-bond acceptors (Lipinski definition) is 4. The lowest BCUT2D eigenvalue weighted by molar-refractivity contribution is -0.122. The number of carbonyl (C=O) groups excluding carboxylic acids is 1. The third-order valence-electron chi connectivity index (χ3n) is 2.90. The van der Waals surface area contributed by atoms with Gasteiger partial charge in [-0.1, -0.05) is 0 Å². The zero-order valence-electron chi connectivity index (χ0n) is 11.9. The van der Waals surface area contributed by atoms with Crippen molar-refractivity contribution in [3.63, 3.8) is 0 Å². The highest BCUT2D eigenvalue weighted by molar-refractivity contribution is 5.75. The minimum Gasteiger partial charge on any atom is -0.463 e. The minimum absolute atomic E-state index is 0.0698. The molecular formula is C14H23NO4. The summed E-state index contributed by atoms with van der Waals surface area (Å²) >= 11 is 0. The van der Waals surface area contributed by atoms with Gasteiger partial charge in [0.15, 0.2) is 0 Å². The highest BCUT2D eigenvalue weighted by Crippen LogP contribution is 2.21. The highest BCUT2D eigenvalue weighted by Gasteiger charge is 2.27. The first-order valence-electron chi connectivity index (χ1n) is 6.50. The fourth-order valence-electron chi connectivity index (χ4n) is 1.70. The number of rotatable bonds is 8. The van der Waals surface area contributed by atoms with Gasteiger partial charge in [0.05, 0.1) is 6.54 Å². The molecule has 1 amide bonds. The normalized spacial score (nSPS) is 14.1. The average molecular weight is 269 g/mol. The molecule has 1 unspecified atom stereocenters. The Bertz CT molecular complexity index is 398. The Hall–Kier alpha value is -1.33. The van der Waals surface area contributed by atoms with E-state index in [4.69, 9.17) is 9.15 Å². The summed E-state index contributed by atoms with van der Waals surface area (Å²) in [7, 11) is 1.64. The molecule has 0 aliphatic rings. The summed E-state index contributed by atoms with van der Waals surface area (Å²) in [6, 6.07) is 3.51. The van der Waals surface area contributed by atoms with E-state index in [2.05, 4.69) is 5.32 Å². The molecule has 0 aromatic carbocycles. The van der Waals surface area contributed by atoms with Gasteiger partial charge in [-0.2, -0.15) is 0 Å². The maximum absolute atomic E-state index is 11.6. The first-order chi connectivity index (χ1) is 8.95. The predicted molar refractivity (Wildman–Crippen MR) is 71.8 cm³/mol. The van der Waals surface area contributed by atoms with E-state index in [1.807, 2.05) is 6.92 Å². The topological polar surface area (TPSA) is 71.7 Å². The van der Waals surface area contributed by atoms with Gasteiger partial charge in [-0.25, -0.2) is 0 Å². The van der Waals surface area contributed by atoms with Crippen molar-refractivity contribution in [3.05, 3.63) is 23.7 Å². The zero-order valence-corrected chi connectivity index (χ0v) is 11.9. The quantitative estimate of drug-likeness (QED) is 0.705. The lowest BCUT2D eigenvalue weighted by Gasteiger charge is -2.21. The fraction of sp³-hybridized carbons (Fsp3) is 0.643. The van der Waals surface area contributed by atoms with Crippen molar-refractivity contribution in [2.24, 2.45) is 0 Å². The SMILES string of the molecule is COCCCCC(=O)NCC(C)(O)c1ccc(C)o1. The number of hydrogen-bond donors (Lipinski definition) is 2. The number of ether oxygens (including phenoxy) is 1. The van der Waals surface area contributed by atoms with E-state index >= 15 is 0 Å². The van der Waals surface area contributed by atoms with Gasteiger partial charge in [0, 0.05) is 20.1 Å². The highest BCUT2D eigenvalue weighted by atomic mass is 16.5. The van der Waals surface area contributed by atoms with E-state index in [1.54, 1.807) is 26.2 Å². The largest absolute Gasteiger partial charge is 0.463 e. The molecule has 1 rings (SSSR count). The number of unbranched alkanes of at least 4 members (excludes halogenated alkanes) is 1. The molecule has 5 nitrogen and oxygen atoms in total.